The molecule has 0 saturated heterocycles. The minimum Gasteiger partial charge on any atom is -0.396 e. The van der Waals surface area contributed by atoms with Gasteiger partial charge in [0.15, 0.2) is 15.6 Å². The van der Waals surface area contributed by atoms with Crippen molar-refractivity contribution in [1.82, 2.24) is 0 Å². The molecule has 0 aliphatic rings. The Morgan fingerprint density at radius 2 is 1.85 bits per heavy atom. The zero-order chi connectivity index (χ0) is 15.7. The number of hydrogen-bond acceptors (Lipinski definition) is 6. The van der Waals surface area contributed by atoms with Crippen LogP contribution in [0.1, 0.15) is 44.3 Å². The third kappa shape index (κ3) is 3.32. The van der Waals surface area contributed by atoms with Crippen molar-refractivity contribution in [2.45, 2.75) is 45.6 Å². The molecule has 0 atom stereocenters. The summed E-state index contributed by atoms with van der Waals surface area (Å²) in [6.07, 6.45) is 0. The number of carbonyl (C=O) groups excluding carboxylic acids is 1. The molecule has 3 N–H and O–H groups in total. The minimum atomic E-state index is -3.47. The van der Waals surface area contributed by atoms with Crippen molar-refractivity contribution >= 4 is 37.6 Å². The number of thiophene rings is 1. The second-order valence-corrected chi connectivity index (χ2v) is 8.46. The number of rotatable bonds is 6. The molecule has 1 aromatic rings. The van der Waals surface area contributed by atoms with Gasteiger partial charge in [0, 0.05) is 12.0 Å². The number of hydrogen-bond donors (Lipinski definition) is 2. The fraction of sp³-hybridized carbons (Fsp3) is 0.615. The minimum absolute atomic E-state index is 0.0456. The van der Waals surface area contributed by atoms with Gasteiger partial charge in [0.05, 0.1) is 16.3 Å². The second-order valence-electron chi connectivity index (χ2n) is 5.22. The highest BCUT2D eigenvalue weighted by Crippen LogP contribution is 2.41. The molecule has 7 heteroatoms. The van der Waals surface area contributed by atoms with E-state index in [1.165, 1.54) is 0 Å². The van der Waals surface area contributed by atoms with E-state index >= 15 is 0 Å². The lowest BCUT2D eigenvalue weighted by Gasteiger charge is -2.10. The predicted molar refractivity (Wildman–Crippen MR) is 84.4 cm³/mol. The van der Waals surface area contributed by atoms with E-state index in [1.54, 1.807) is 20.8 Å². The van der Waals surface area contributed by atoms with Crippen LogP contribution in [0.2, 0.25) is 0 Å². The van der Waals surface area contributed by atoms with Crippen LogP contribution in [-0.2, 0) is 9.84 Å². The highest BCUT2D eigenvalue weighted by Gasteiger charge is 2.29. The van der Waals surface area contributed by atoms with Crippen LogP contribution in [0.15, 0.2) is 4.90 Å². The van der Waals surface area contributed by atoms with Gasteiger partial charge < -0.3 is 11.1 Å². The predicted octanol–water partition coefficient (Wildman–Crippen LogP) is 2.78. The van der Waals surface area contributed by atoms with Gasteiger partial charge in [0.1, 0.15) is 9.90 Å². The highest BCUT2D eigenvalue weighted by atomic mass is 32.2. The Labute approximate surface area is 124 Å². The molecule has 1 heterocycles. The van der Waals surface area contributed by atoms with Crippen molar-refractivity contribution in [2.75, 3.05) is 16.8 Å². The first-order valence-corrected chi connectivity index (χ1v) is 9.04. The first-order valence-electron chi connectivity index (χ1n) is 6.57. The molecule has 1 rings (SSSR count). The van der Waals surface area contributed by atoms with E-state index in [-0.39, 0.29) is 34.1 Å². The summed E-state index contributed by atoms with van der Waals surface area (Å²) in [6, 6.07) is 0.0564. The zero-order valence-corrected chi connectivity index (χ0v) is 14.1. The molecule has 20 heavy (non-hydrogen) atoms. The molecular formula is C13H22N2O3S2. The average molecular weight is 318 g/mol. The molecular weight excluding hydrogens is 296 g/mol. The molecule has 1 aromatic heterocycles. The van der Waals surface area contributed by atoms with E-state index in [1.807, 2.05) is 13.8 Å². The largest absolute Gasteiger partial charge is 0.396 e. The number of nitrogens with two attached hydrogens (primary N) is 1. The molecule has 0 amide bonds. The van der Waals surface area contributed by atoms with Crippen LogP contribution in [-0.4, -0.2) is 26.0 Å². The van der Waals surface area contributed by atoms with E-state index in [2.05, 4.69) is 5.32 Å². The van der Waals surface area contributed by atoms with Crippen molar-refractivity contribution in [2.24, 2.45) is 5.92 Å². The normalized spacial score (nSPS) is 12.2. The van der Waals surface area contributed by atoms with Crippen LogP contribution in [0, 0.1) is 5.92 Å². The van der Waals surface area contributed by atoms with E-state index in [9.17, 15) is 13.2 Å². The number of Topliss-reactive ketones (excluding diaryl/α,β-unsaturated/α-hetero) is 1. The number of ketones is 1. The second kappa shape index (κ2) is 6.13. The van der Waals surface area contributed by atoms with Gasteiger partial charge in [0.2, 0.25) is 0 Å². The summed E-state index contributed by atoms with van der Waals surface area (Å²) in [4.78, 5) is 12.5. The molecule has 0 radical (unpaired) electrons. The summed E-state index contributed by atoms with van der Waals surface area (Å²) >= 11 is 1.13. The van der Waals surface area contributed by atoms with E-state index in [4.69, 9.17) is 5.73 Å². The molecule has 5 nitrogen and oxygen atoms in total. The molecule has 0 saturated carbocycles. The Morgan fingerprint density at radius 3 is 2.25 bits per heavy atom. The summed E-state index contributed by atoms with van der Waals surface area (Å²) < 4.78 is 24.4. The van der Waals surface area contributed by atoms with Crippen LogP contribution in [0.4, 0.5) is 10.7 Å². The number of carbonyl (C=O) groups is 1. The van der Waals surface area contributed by atoms with Crippen LogP contribution in [0.3, 0.4) is 0 Å². The van der Waals surface area contributed by atoms with Crippen molar-refractivity contribution in [3.05, 3.63) is 4.88 Å². The third-order valence-corrected chi connectivity index (χ3v) is 5.85. The number of anilines is 2. The standard InChI is InChI=1S/C13H22N2O3S2/c1-6-20(17,18)12-9(14)11(10(16)7(2)3)19-13(12)15-8(4)5/h7-8,15H,6,14H2,1-5H3. The number of sulfone groups is 1. The molecule has 0 aliphatic heterocycles. The fourth-order valence-corrected chi connectivity index (χ4v) is 4.57. The average Bonchev–Trinajstić information content (AvgIpc) is 2.64. The number of nitrogen functional groups attached to an aromatic ring is 1. The lowest BCUT2D eigenvalue weighted by atomic mass is 10.1. The molecule has 0 unspecified atom stereocenters. The van der Waals surface area contributed by atoms with E-state index in [0.29, 0.717) is 9.88 Å². The Balaban J connectivity index is 3.51. The molecule has 0 bridgehead atoms. The van der Waals surface area contributed by atoms with E-state index in [0.717, 1.165) is 11.3 Å². The quantitative estimate of drug-likeness (QED) is 0.787. The first kappa shape index (κ1) is 17.0. The molecule has 114 valence electrons. The zero-order valence-electron chi connectivity index (χ0n) is 12.5. The van der Waals surface area contributed by atoms with Gasteiger partial charge in [-0.2, -0.15) is 0 Å². The van der Waals surface area contributed by atoms with Gasteiger partial charge in [0.25, 0.3) is 0 Å². The fourth-order valence-electron chi connectivity index (χ4n) is 1.68. The molecule has 0 fully saturated rings. The highest BCUT2D eigenvalue weighted by molar-refractivity contribution is 7.92. The summed E-state index contributed by atoms with van der Waals surface area (Å²) in [5.41, 5.74) is 6.03. The number of nitrogens with one attached hydrogen (secondary N) is 1. The third-order valence-electron chi connectivity index (χ3n) is 2.76. The van der Waals surface area contributed by atoms with Crippen molar-refractivity contribution < 1.29 is 13.2 Å². The van der Waals surface area contributed by atoms with Crippen LogP contribution < -0.4 is 11.1 Å². The summed E-state index contributed by atoms with van der Waals surface area (Å²) in [5, 5.41) is 3.54. The topological polar surface area (TPSA) is 89.3 Å². The van der Waals surface area contributed by atoms with Crippen LogP contribution >= 0.6 is 11.3 Å². The monoisotopic (exact) mass is 318 g/mol. The summed E-state index contributed by atoms with van der Waals surface area (Å²) in [6.45, 7) is 8.91. The smallest absolute Gasteiger partial charge is 0.183 e. The lowest BCUT2D eigenvalue weighted by Crippen LogP contribution is -2.14. The lowest BCUT2D eigenvalue weighted by molar-refractivity contribution is 0.0944. The van der Waals surface area contributed by atoms with Gasteiger partial charge in [-0.05, 0) is 13.8 Å². The van der Waals surface area contributed by atoms with Gasteiger partial charge in [-0.25, -0.2) is 8.42 Å². The maximum atomic E-state index is 12.2. The van der Waals surface area contributed by atoms with Gasteiger partial charge >= 0.3 is 0 Å². The maximum absolute atomic E-state index is 12.2. The van der Waals surface area contributed by atoms with Crippen molar-refractivity contribution in [1.29, 1.82) is 0 Å². The van der Waals surface area contributed by atoms with Crippen LogP contribution in [0.5, 0.6) is 0 Å². The Bertz CT molecular complexity index is 601. The molecule has 0 aromatic carbocycles. The van der Waals surface area contributed by atoms with Gasteiger partial charge in [-0.3, -0.25) is 4.79 Å². The maximum Gasteiger partial charge on any atom is 0.183 e. The van der Waals surface area contributed by atoms with Crippen molar-refractivity contribution in [3.63, 3.8) is 0 Å². The summed E-state index contributed by atoms with van der Waals surface area (Å²) in [7, 11) is -3.47. The Morgan fingerprint density at radius 1 is 1.30 bits per heavy atom. The SMILES string of the molecule is CCS(=O)(=O)c1c(NC(C)C)sc(C(=O)C(C)C)c1N. The Hall–Kier alpha value is -1.08. The Kier molecular flexibility index (Phi) is 5.21. The van der Waals surface area contributed by atoms with Crippen molar-refractivity contribution in [3.8, 4) is 0 Å². The molecule has 0 aliphatic carbocycles. The summed E-state index contributed by atoms with van der Waals surface area (Å²) in [5.74, 6) is -0.396. The van der Waals surface area contributed by atoms with Gasteiger partial charge in [-0.15, -0.1) is 11.3 Å². The van der Waals surface area contributed by atoms with E-state index < -0.39 is 9.84 Å². The van der Waals surface area contributed by atoms with Gasteiger partial charge in [-0.1, -0.05) is 20.8 Å². The molecule has 0 spiro atoms. The van der Waals surface area contributed by atoms with Crippen LogP contribution in [0.25, 0.3) is 0 Å². The first-order chi connectivity index (χ1) is 9.11.